The first-order valence-corrected chi connectivity index (χ1v) is 6.46. The third-order valence-electron chi connectivity index (χ3n) is 2.77. The number of fused-ring (bicyclic) bond motifs is 1. The summed E-state index contributed by atoms with van der Waals surface area (Å²) in [4.78, 5) is 0. The van der Waals surface area contributed by atoms with E-state index in [-0.39, 0.29) is 0 Å². The Bertz CT molecular complexity index is 534. The lowest BCUT2D eigenvalue weighted by Gasteiger charge is -2.00. The minimum absolute atomic E-state index is 0.567. The molecule has 1 heterocycles. The third-order valence-corrected chi connectivity index (χ3v) is 3.27. The fraction of sp³-hybridized carbons (Fsp3) is 0.385. The molecule has 0 aliphatic heterocycles. The smallest absolute Gasteiger partial charge is 0.153 e. The summed E-state index contributed by atoms with van der Waals surface area (Å²) in [5.74, 6) is 0.928. The Labute approximate surface area is 111 Å². The van der Waals surface area contributed by atoms with Crippen molar-refractivity contribution < 1.29 is 4.42 Å². The van der Waals surface area contributed by atoms with Crippen LogP contribution in [0.25, 0.3) is 11.0 Å². The summed E-state index contributed by atoms with van der Waals surface area (Å²) in [5.41, 5.74) is 1.83. The summed E-state index contributed by atoms with van der Waals surface area (Å²) in [6.07, 6.45) is 1.10. The van der Waals surface area contributed by atoms with E-state index in [1.54, 1.807) is 6.07 Å². The van der Waals surface area contributed by atoms with Crippen LogP contribution in [0.5, 0.6) is 0 Å². The van der Waals surface area contributed by atoms with Crippen LogP contribution in [0.3, 0.4) is 0 Å². The predicted molar refractivity (Wildman–Crippen MR) is 73.0 cm³/mol. The van der Waals surface area contributed by atoms with Crippen molar-refractivity contribution >= 4 is 34.2 Å². The largest absolute Gasteiger partial charge is 0.458 e. The van der Waals surface area contributed by atoms with Crippen LogP contribution in [0, 0.1) is 6.92 Å². The van der Waals surface area contributed by atoms with Crippen LogP contribution >= 0.6 is 23.2 Å². The Morgan fingerprint density at radius 2 is 2.06 bits per heavy atom. The molecule has 0 radical (unpaired) electrons. The number of benzene rings is 1. The molecule has 2 nitrogen and oxygen atoms in total. The molecule has 0 atom stereocenters. The topological polar surface area (TPSA) is 25.2 Å². The van der Waals surface area contributed by atoms with Crippen molar-refractivity contribution in [1.29, 1.82) is 0 Å². The molecule has 0 amide bonds. The van der Waals surface area contributed by atoms with Gasteiger partial charge >= 0.3 is 0 Å². The molecular weight excluding hydrogens is 257 g/mol. The Morgan fingerprint density at radius 3 is 2.76 bits per heavy atom. The van der Waals surface area contributed by atoms with E-state index in [9.17, 15) is 0 Å². The lowest BCUT2D eigenvalue weighted by molar-refractivity contribution is 0.510. The van der Waals surface area contributed by atoms with Gasteiger partial charge in [-0.25, -0.2) is 0 Å². The highest BCUT2D eigenvalue weighted by molar-refractivity contribution is 6.38. The minimum atomic E-state index is 0.567. The van der Waals surface area contributed by atoms with Crippen LogP contribution < -0.4 is 5.32 Å². The van der Waals surface area contributed by atoms with Gasteiger partial charge in [-0.05, 0) is 37.6 Å². The number of nitrogens with one attached hydrogen (secondary N) is 1. The van der Waals surface area contributed by atoms with Gasteiger partial charge in [0.1, 0.15) is 5.76 Å². The first kappa shape index (κ1) is 12.7. The predicted octanol–water partition coefficient (Wildman–Crippen LogP) is 4.55. The second kappa shape index (κ2) is 5.30. The first-order valence-electron chi connectivity index (χ1n) is 5.71. The summed E-state index contributed by atoms with van der Waals surface area (Å²) in [6.45, 7) is 5.86. The zero-order chi connectivity index (χ0) is 12.4. The molecule has 2 rings (SSSR count). The summed E-state index contributed by atoms with van der Waals surface area (Å²) < 4.78 is 5.78. The van der Waals surface area contributed by atoms with E-state index in [1.165, 1.54) is 0 Å². The number of hydrogen-bond acceptors (Lipinski definition) is 2. The van der Waals surface area contributed by atoms with Crippen LogP contribution in [0.1, 0.15) is 24.7 Å². The first-order chi connectivity index (χ1) is 8.13. The van der Waals surface area contributed by atoms with Gasteiger partial charge in [0.05, 0.1) is 11.6 Å². The molecule has 0 saturated heterocycles. The molecule has 17 heavy (non-hydrogen) atoms. The van der Waals surface area contributed by atoms with Crippen LogP contribution in [-0.4, -0.2) is 6.54 Å². The molecule has 1 aromatic carbocycles. The average Bonchev–Trinajstić information content (AvgIpc) is 2.58. The molecule has 2 aromatic rings. The standard InChI is InChI=1S/C13H15Cl2NO/c1-3-4-16-7-12-8(2)10-5-9(14)6-11(15)13(10)17-12/h5-6,16H,3-4,7H2,1-2H3. The van der Waals surface area contributed by atoms with E-state index >= 15 is 0 Å². The lowest BCUT2D eigenvalue weighted by Crippen LogP contribution is -2.13. The van der Waals surface area contributed by atoms with E-state index in [0.29, 0.717) is 10.0 Å². The van der Waals surface area contributed by atoms with Gasteiger partial charge in [-0.2, -0.15) is 0 Å². The highest BCUT2D eigenvalue weighted by atomic mass is 35.5. The molecule has 4 heteroatoms. The SMILES string of the molecule is CCCNCc1oc2c(Cl)cc(Cl)cc2c1C. The van der Waals surface area contributed by atoms with Gasteiger partial charge in [0.2, 0.25) is 0 Å². The molecule has 0 fully saturated rings. The van der Waals surface area contributed by atoms with Crippen molar-refractivity contribution in [1.82, 2.24) is 5.32 Å². The second-order valence-electron chi connectivity index (χ2n) is 4.09. The monoisotopic (exact) mass is 271 g/mol. The molecule has 0 bridgehead atoms. The summed E-state index contributed by atoms with van der Waals surface area (Å²) >= 11 is 12.1. The summed E-state index contributed by atoms with van der Waals surface area (Å²) in [6, 6.07) is 3.60. The number of rotatable bonds is 4. The van der Waals surface area contributed by atoms with E-state index in [1.807, 2.05) is 13.0 Å². The molecule has 0 aliphatic carbocycles. The van der Waals surface area contributed by atoms with Gasteiger partial charge < -0.3 is 9.73 Å². The van der Waals surface area contributed by atoms with Crippen molar-refractivity contribution in [2.75, 3.05) is 6.54 Å². The Kier molecular flexibility index (Phi) is 3.97. The third kappa shape index (κ3) is 2.59. The Hall–Kier alpha value is -0.700. The van der Waals surface area contributed by atoms with E-state index in [2.05, 4.69) is 12.2 Å². The number of halogens is 2. The zero-order valence-electron chi connectivity index (χ0n) is 9.94. The molecular formula is C13H15Cl2NO. The van der Waals surface area contributed by atoms with Gasteiger partial charge in [-0.1, -0.05) is 30.1 Å². The Balaban J connectivity index is 2.39. The fourth-order valence-electron chi connectivity index (χ4n) is 1.84. The maximum absolute atomic E-state index is 6.11. The zero-order valence-corrected chi connectivity index (χ0v) is 11.5. The van der Waals surface area contributed by atoms with Crippen molar-refractivity contribution in [3.05, 3.63) is 33.5 Å². The maximum Gasteiger partial charge on any atom is 0.153 e. The van der Waals surface area contributed by atoms with E-state index in [4.69, 9.17) is 27.6 Å². The second-order valence-corrected chi connectivity index (χ2v) is 4.93. The normalized spacial score (nSPS) is 11.3. The quantitative estimate of drug-likeness (QED) is 0.826. The van der Waals surface area contributed by atoms with Crippen LogP contribution in [0.15, 0.2) is 16.5 Å². The number of hydrogen-bond donors (Lipinski definition) is 1. The molecule has 1 N–H and O–H groups in total. The van der Waals surface area contributed by atoms with Gasteiger partial charge in [0.25, 0.3) is 0 Å². The molecule has 0 unspecified atom stereocenters. The van der Waals surface area contributed by atoms with Crippen molar-refractivity contribution in [2.45, 2.75) is 26.8 Å². The van der Waals surface area contributed by atoms with Crippen LogP contribution in [-0.2, 0) is 6.54 Å². The maximum atomic E-state index is 6.11. The summed E-state index contributed by atoms with van der Waals surface area (Å²) in [5, 5.41) is 5.52. The highest BCUT2D eigenvalue weighted by Gasteiger charge is 2.13. The van der Waals surface area contributed by atoms with Crippen LogP contribution in [0.4, 0.5) is 0 Å². The van der Waals surface area contributed by atoms with Gasteiger partial charge in [0.15, 0.2) is 5.58 Å². The molecule has 0 saturated carbocycles. The highest BCUT2D eigenvalue weighted by Crippen LogP contribution is 2.33. The molecule has 0 aliphatic rings. The summed E-state index contributed by atoms with van der Waals surface area (Å²) in [7, 11) is 0. The van der Waals surface area contributed by atoms with Crippen molar-refractivity contribution in [3.63, 3.8) is 0 Å². The van der Waals surface area contributed by atoms with Crippen molar-refractivity contribution in [2.24, 2.45) is 0 Å². The van der Waals surface area contributed by atoms with Crippen molar-refractivity contribution in [3.8, 4) is 0 Å². The minimum Gasteiger partial charge on any atom is -0.458 e. The molecule has 92 valence electrons. The molecule has 1 aromatic heterocycles. The number of aryl methyl sites for hydroxylation is 1. The fourth-order valence-corrected chi connectivity index (χ4v) is 2.37. The lowest BCUT2D eigenvalue weighted by atomic mass is 10.1. The average molecular weight is 272 g/mol. The number of furan rings is 1. The van der Waals surface area contributed by atoms with Gasteiger partial charge in [0, 0.05) is 10.4 Å². The Morgan fingerprint density at radius 1 is 1.29 bits per heavy atom. The van der Waals surface area contributed by atoms with Crippen LogP contribution in [0.2, 0.25) is 10.0 Å². The molecule has 0 spiro atoms. The van der Waals surface area contributed by atoms with E-state index < -0.39 is 0 Å². The van der Waals surface area contributed by atoms with Gasteiger partial charge in [-0.3, -0.25) is 0 Å². The van der Waals surface area contributed by atoms with E-state index in [0.717, 1.165) is 41.8 Å². The van der Waals surface area contributed by atoms with Gasteiger partial charge in [-0.15, -0.1) is 0 Å².